The molecule has 1 N–H and O–H groups in total. The number of benzene rings is 4. The molecule has 36 heavy (non-hydrogen) atoms. The molecule has 0 aromatic heterocycles. The molecule has 8 heteroatoms. The summed E-state index contributed by atoms with van der Waals surface area (Å²) in [6, 6.07) is 24.4. The van der Waals surface area contributed by atoms with Crippen molar-refractivity contribution in [3.8, 4) is 17.6 Å². The maximum atomic E-state index is 12.7. The van der Waals surface area contributed by atoms with Gasteiger partial charge in [0, 0.05) is 5.02 Å². The Morgan fingerprint density at radius 2 is 1.86 bits per heavy atom. The zero-order valence-electron chi connectivity index (χ0n) is 19.0. The van der Waals surface area contributed by atoms with Gasteiger partial charge in [-0.25, -0.2) is 0 Å². The third-order valence-corrected chi connectivity index (χ3v) is 6.72. The van der Waals surface area contributed by atoms with E-state index in [-0.39, 0.29) is 5.57 Å². The predicted molar refractivity (Wildman–Crippen MR) is 153 cm³/mol. The lowest BCUT2D eigenvalue weighted by Crippen LogP contribution is -2.13. The number of fused-ring (bicyclic) bond motifs is 1. The van der Waals surface area contributed by atoms with Crippen LogP contribution in [0.15, 0.2) is 78.4 Å². The Kier molecular flexibility index (Phi) is 8.36. The number of nitrogens with zero attached hydrogens (tertiary/aromatic N) is 1. The van der Waals surface area contributed by atoms with E-state index < -0.39 is 5.91 Å². The number of hydrogen-bond donors (Lipinski definition) is 1. The van der Waals surface area contributed by atoms with E-state index in [0.717, 1.165) is 19.9 Å². The van der Waals surface area contributed by atoms with Gasteiger partial charge in [-0.2, -0.15) is 5.26 Å². The zero-order chi connectivity index (χ0) is 25.7. The number of ether oxygens (including phenoxy) is 2. The van der Waals surface area contributed by atoms with Crippen molar-refractivity contribution in [2.24, 2.45) is 0 Å². The summed E-state index contributed by atoms with van der Waals surface area (Å²) in [4.78, 5) is 12.7. The quantitative estimate of drug-likeness (QED) is 0.128. The standard InChI is InChI=1S/C28H19Cl2IN2O3/c1-35-26-13-17(11-20(15-32)28(34)33-25-14-21(29)9-10-23(25)30)12-24(31)27(26)36-16-19-7-4-6-18-5-2-3-8-22(18)19/h2-14H,16H2,1H3,(H,33,34)/b20-11-. The second-order valence-corrected chi connectivity index (χ2v) is 9.71. The molecule has 0 atom stereocenters. The fraction of sp³-hybridized carbons (Fsp3) is 0.0714. The van der Waals surface area contributed by atoms with Crippen LogP contribution >= 0.6 is 45.8 Å². The van der Waals surface area contributed by atoms with Gasteiger partial charge < -0.3 is 14.8 Å². The van der Waals surface area contributed by atoms with Crippen LogP contribution in [0.4, 0.5) is 5.69 Å². The van der Waals surface area contributed by atoms with Crippen LogP contribution in [0.25, 0.3) is 16.8 Å². The highest BCUT2D eigenvalue weighted by Gasteiger charge is 2.16. The summed E-state index contributed by atoms with van der Waals surface area (Å²) in [7, 11) is 1.54. The molecule has 0 unspecified atom stereocenters. The van der Waals surface area contributed by atoms with Crippen LogP contribution in [0.5, 0.6) is 11.5 Å². The first-order valence-corrected chi connectivity index (χ1v) is 12.6. The highest BCUT2D eigenvalue weighted by molar-refractivity contribution is 14.1. The SMILES string of the molecule is COc1cc(/C=C(/C#N)C(=O)Nc2cc(Cl)ccc2Cl)cc(I)c1OCc1cccc2ccccc12. The fourth-order valence-corrected chi connectivity index (χ4v) is 4.75. The first kappa shape index (κ1) is 25.8. The van der Waals surface area contributed by atoms with E-state index in [2.05, 4.69) is 46.1 Å². The Labute approximate surface area is 232 Å². The van der Waals surface area contributed by atoms with Crippen LogP contribution in [-0.2, 0) is 11.4 Å². The Bertz CT molecular complexity index is 1520. The summed E-state index contributed by atoms with van der Waals surface area (Å²) in [5, 5.41) is 15.2. The number of nitrogens with one attached hydrogen (secondary N) is 1. The third kappa shape index (κ3) is 5.93. The van der Waals surface area contributed by atoms with E-state index in [1.807, 2.05) is 36.4 Å². The van der Waals surface area contributed by atoms with E-state index in [1.165, 1.54) is 12.1 Å². The van der Waals surface area contributed by atoms with Gasteiger partial charge in [0.25, 0.3) is 5.91 Å². The van der Waals surface area contributed by atoms with Gasteiger partial charge in [0.1, 0.15) is 18.2 Å². The molecule has 0 heterocycles. The summed E-state index contributed by atoms with van der Waals surface area (Å²) >= 11 is 14.3. The van der Waals surface area contributed by atoms with Gasteiger partial charge in [0.15, 0.2) is 11.5 Å². The lowest BCUT2D eigenvalue weighted by Gasteiger charge is -2.15. The first-order valence-electron chi connectivity index (χ1n) is 10.7. The monoisotopic (exact) mass is 628 g/mol. The van der Waals surface area contributed by atoms with Crippen molar-refractivity contribution in [1.82, 2.24) is 0 Å². The highest BCUT2D eigenvalue weighted by atomic mass is 127. The molecule has 4 rings (SSSR count). The van der Waals surface area contributed by atoms with Gasteiger partial charge >= 0.3 is 0 Å². The number of methoxy groups -OCH3 is 1. The molecular weight excluding hydrogens is 610 g/mol. The molecule has 0 aliphatic heterocycles. The Morgan fingerprint density at radius 1 is 1.08 bits per heavy atom. The maximum Gasteiger partial charge on any atom is 0.266 e. The molecule has 0 bridgehead atoms. The second-order valence-electron chi connectivity index (χ2n) is 7.71. The van der Waals surface area contributed by atoms with Crippen LogP contribution in [0.3, 0.4) is 0 Å². The van der Waals surface area contributed by atoms with Crippen LogP contribution in [0.2, 0.25) is 10.0 Å². The Hall–Kier alpha value is -3.25. The summed E-state index contributed by atoms with van der Waals surface area (Å²) in [5.41, 5.74) is 1.88. The van der Waals surface area contributed by atoms with E-state index in [1.54, 1.807) is 25.3 Å². The number of halogens is 3. The predicted octanol–water partition coefficient (Wildman–Crippen LogP) is 7.88. The summed E-state index contributed by atoms with van der Waals surface area (Å²) in [6.07, 6.45) is 1.48. The van der Waals surface area contributed by atoms with E-state index in [9.17, 15) is 10.1 Å². The van der Waals surface area contributed by atoms with Crippen molar-refractivity contribution >= 4 is 74.2 Å². The molecule has 4 aromatic carbocycles. The number of rotatable bonds is 7. The molecular formula is C28H19Cl2IN2O3. The average molecular weight is 629 g/mol. The Morgan fingerprint density at radius 3 is 2.64 bits per heavy atom. The van der Waals surface area contributed by atoms with Gasteiger partial charge in [0.05, 0.1) is 21.4 Å². The minimum Gasteiger partial charge on any atom is -0.493 e. The minimum atomic E-state index is -0.605. The largest absolute Gasteiger partial charge is 0.493 e. The molecule has 0 radical (unpaired) electrons. The number of carbonyl (C=O) groups excluding carboxylic acids is 1. The average Bonchev–Trinajstić information content (AvgIpc) is 2.88. The zero-order valence-corrected chi connectivity index (χ0v) is 22.7. The van der Waals surface area contributed by atoms with Gasteiger partial charge in [-0.05, 0) is 80.9 Å². The van der Waals surface area contributed by atoms with Crippen LogP contribution in [0.1, 0.15) is 11.1 Å². The second kappa shape index (κ2) is 11.7. The number of carbonyl (C=O) groups is 1. The van der Waals surface area contributed by atoms with Crippen LogP contribution in [-0.4, -0.2) is 13.0 Å². The van der Waals surface area contributed by atoms with Crippen molar-refractivity contribution < 1.29 is 14.3 Å². The van der Waals surface area contributed by atoms with E-state index >= 15 is 0 Å². The number of nitriles is 1. The maximum absolute atomic E-state index is 12.7. The lowest BCUT2D eigenvalue weighted by molar-refractivity contribution is -0.112. The van der Waals surface area contributed by atoms with E-state index in [4.69, 9.17) is 32.7 Å². The molecule has 0 saturated heterocycles. The van der Waals surface area contributed by atoms with Crippen molar-refractivity contribution in [2.45, 2.75) is 6.61 Å². The topological polar surface area (TPSA) is 71.3 Å². The first-order chi connectivity index (χ1) is 17.4. The van der Waals surface area contributed by atoms with Gasteiger partial charge in [0.2, 0.25) is 0 Å². The molecule has 0 spiro atoms. The molecule has 0 aliphatic carbocycles. The van der Waals surface area contributed by atoms with Gasteiger partial charge in [-0.15, -0.1) is 0 Å². The van der Waals surface area contributed by atoms with Crippen molar-refractivity contribution in [1.29, 1.82) is 5.26 Å². The Balaban J connectivity index is 1.58. The number of anilines is 1. The molecule has 0 aliphatic rings. The van der Waals surface area contributed by atoms with Crippen LogP contribution in [0, 0.1) is 14.9 Å². The van der Waals surface area contributed by atoms with Crippen LogP contribution < -0.4 is 14.8 Å². The lowest BCUT2D eigenvalue weighted by atomic mass is 10.1. The smallest absolute Gasteiger partial charge is 0.266 e. The highest BCUT2D eigenvalue weighted by Crippen LogP contribution is 2.36. The fourth-order valence-electron chi connectivity index (χ4n) is 3.63. The molecule has 5 nitrogen and oxygen atoms in total. The van der Waals surface area contributed by atoms with Gasteiger partial charge in [-0.3, -0.25) is 4.79 Å². The normalized spacial score (nSPS) is 11.1. The van der Waals surface area contributed by atoms with Gasteiger partial charge in [-0.1, -0.05) is 65.7 Å². The summed E-state index contributed by atoms with van der Waals surface area (Å²) < 4.78 is 12.5. The van der Waals surface area contributed by atoms with Crippen molar-refractivity contribution in [3.63, 3.8) is 0 Å². The summed E-state index contributed by atoms with van der Waals surface area (Å²) in [5.74, 6) is 0.466. The van der Waals surface area contributed by atoms with Crippen molar-refractivity contribution in [2.75, 3.05) is 12.4 Å². The molecule has 4 aromatic rings. The molecule has 0 fully saturated rings. The molecule has 0 saturated carbocycles. The number of amides is 1. The molecule has 1 amide bonds. The van der Waals surface area contributed by atoms with E-state index in [0.29, 0.717) is 39.4 Å². The molecule has 180 valence electrons. The van der Waals surface area contributed by atoms with Crippen molar-refractivity contribution in [3.05, 3.63) is 103 Å². The summed E-state index contributed by atoms with van der Waals surface area (Å²) in [6.45, 7) is 0.356. The number of hydrogen-bond acceptors (Lipinski definition) is 4. The third-order valence-electron chi connectivity index (χ3n) is 5.36. The minimum absolute atomic E-state index is 0.103.